The van der Waals surface area contributed by atoms with Gasteiger partial charge in [0.15, 0.2) is 5.69 Å². The van der Waals surface area contributed by atoms with E-state index >= 15 is 0 Å². The number of hydrogen-bond donors (Lipinski definition) is 2. The molecule has 11 heteroatoms. The molecule has 0 aliphatic carbocycles. The van der Waals surface area contributed by atoms with Crippen molar-refractivity contribution in [2.75, 3.05) is 5.75 Å². The van der Waals surface area contributed by atoms with Crippen molar-refractivity contribution >= 4 is 40.9 Å². The van der Waals surface area contributed by atoms with Crippen LogP contribution >= 0.6 is 23.4 Å². The van der Waals surface area contributed by atoms with E-state index < -0.39 is 10.8 Å². The first-order chi connectivity index (χ1) is 13.9. The van der Waals surface area contributed by atoms with Crippen LogP contribution in [0.25, 0.3) is 5.69 Å². The molecule has 3 rings (SSSR count). The van der Waals surface area contributed by atoms with Gasteiger partial charge in [0.05, 0.1) is 16.4 Å². The summed E-state index contributed by atoms with van der Waals surface area (Å²) in [5.41, 5.74) is 5.20. The van der Waals surface area contributed by atoms with Gasteiger partial charge in [-0.1, -0.05) is 11.6 Å². The van der Waals surface area contributed by atoms with E-state index in [9.17, 15) is 19.7 Å². The second-order valence-electron chi connectivity index (χ2n) is 5.66. The summed E-state index contributed by atoms with van der Waals surface area (Å²) in [5.74, 6) is -0.859. The third kappa shape index (κ3) is 5.56. The lowest BCUT2D eigenvalue weighted by molar-refractivity contribution is -0.384. The SMILES string of the molecule is O=C(CSc1ccc(Cl)cc1)NNC(=O)c1ccn(-c2ccc([N+](=O)[O-])cc2)n1. The molecule has 0 saturated carbocycles. The fraction of sp³-hybridized carbons (Fsp3) is 0.0556. The van der Waals surface area contributed by atoms with E-state index in [0.29, 0.717) is 10.7 Å². The van der Waals surface area contributed by atoms with Crippen LogP contribution in [0.4, 0.5) is 5.69 Å². The van der Waals surface area contributed by atoms with Gasteiger partial charge in [-0.15, -0.1) is 11.8 Å². The van der Waals surface area contributed by atoms with E-state index in [1.165, 1.54) is 53.0 Å². The monoisotopic (exact) mass is 431 g/mol. The van der Waals surface area contributed by atoms with E-state index in [2.05, 4.69) is 16.0 Å². The average molecular weight is 432 g/mol. The van der Waals surface area contributed by atoms with Gasteiger partial charge in [-0.25, -0.2) is 4.68 Å². The number of nitro groups is 1. The minimum absolute atomic E-state index is 0.0435. The molecule has 2 amide bonds. The number of benzene rings is 2. The van der Waals surface area contributed by atoms with Crippen molar-refractivity contribution in [2.45, 2.75) is 4.90 Å². The molecule has 0 aliphatic heterocycles. The molecule has 0 unspecified atom stereocenters. The largest absolute Gasteiger partial charge is 0.290 e. The van der Waals surface area contributed by atoms with Crippen molar-refractivity contribution in [3.8, 4) is 5.69 Å². The molecule has 1 aromatic heterocycles. The van der Waals surface area contributed by atoms with Crippen molar-refractivity contribution in [3.05, 3.63) is 81.6 Å². The summed E-state index contributed by atoms with van der Waals surface area (Å²) in [4.78, 5) is 35.1. The minimum Gasteiger partial charge on any atom is -0.272 e. The summed E-state index contributed by atoms with van der Waals surface area (Å²) >= 11 is 7.11. The van der Waals surface area contributed by atoms with Crippen LogP contribution in [-0.4, -0.2) is 32.3 Å². The number of halogens is 1. The number of carbonyl (C=O) groups is 2. The predicted octanol–water partition coefficient (Wildman–Crippen LogP) is 2.99. The first kappa shape index (κ1) is 20.4. The van der Waals surface area contributed by atoms with E-state index in [1.54, 1.807) is 24.3 Å². The summed E-state index contributed by atoms with van der Waals surface area (Å²) < 4.78 is 1.40. The number of nitro benzene ring substituents is 1. The fourth-order valence-electron chi connectivity index (χ4n) is 2.22. The van der Waals surface area contributed by atoms with Crippen LogP contribution < -0.4 is 10.9 Å². The molecule has 3 aromatic rings. The molecule has 2 N–H and O–H groups in total. The lowest BCUT2D eigenvalue weighted by atomic mass is 10.3. The van der Waals surface area contributed by atoms with Gasteiger partial charge in [0, 0.05) is 28.2 Å². The number of amides is 2. The van der Waals surface area contributed by atoms with Gasteiger partial charge in [-0.2, -0.15) is 5.10 Å². The van der Waals surface area contributed by atoms with Crippen LogP contribution in [-0.2, 0) is 4.79 Å². The smallest absolute Gasteiger partial charge is 0.272 e. The van der Waals surface area contributed by atoms with Gasteiger partial charge in [-0.05, 0) is 42.5 Å². The Morgan fingerprint density at radius 1 is 1.07 bits per heavy atom. The van der Waals surface area contributed by atoms with Gasteiger partial charge in [-0.3, -0.25) is 30.6 Å². The van der Waals surface area contributed by atoms with Crippen LogP contribution in [0.1, 0.15) is 10.5 Å². The molecular weight excluding hydrogens is 418 g/mol. The van der Waals surface area contributed by atoms with Crippen LogP contribution in [0.3, 0.4) is 0 Å². The highest BCUT2D eigenvalue weighted by molar-refractivity contribution is 8.00. The van der Waals surface area contributed by atoms with Crippen molar-refractivity contribution in [1.82, 2.24) is 20.6 Å². The molecule has 0 atom stereocenters. The van der Waals surface area contributed by atoms with Gasteiger partial charge < -0.3 is 0 Å². The van der Waals surface area contributed by atoms with E-state index in [-0.39, 0.29) is 23.0 Å². The minimum atomic E-state index is -0.587. The third-order valence-electron chi connectivity index (χ3n) is 3.65. The Morgan fingerprint density at radius 2 is 1.76 bits per heavy atom. The quantitative estimate of drug-likeness (QED) is 0.352. The zero-order valence-corrected chi connectivity index (χ0v) is 16.3. The number of thioether (sulfide) groups is 1. The second-order valence-corrected chi connectivity index (χ2v) is 7.15. The number of carbonyl (C=O) groups excluding carboxylic acids is 2. The maximum absolute atomic E-state index is 12.1. The van der Waals surface area contributed by atoms with Gasteiger partial charge in [0.2, 0.25) is 5.91 Å². The Morgan fingerprint density at radius 3 is 2.41 bits per heavy atom. The molecule has 0 fully saturated rings. The standard InChI is InChI=1S/C18H14ClN5O4S/c19-12-1-7-15(8-2-12)29-11-17(25)20-21-18(26)16-9-10-23(22-16)13-3-5-14(6-4-13)24(27)28/h1-10H,11H2,(H,20,25)(H,21,26). The second kappa shape index (κ2) is 9.22. The Labute approximate surface area is 174 Å². The molecule has 0 saturated heterocycles. The lowest BCUT2D eigenvalue weighted by Crippen LogP contribution is -2.42. The van der Waals surface area contributed by atoms with Crippen molar-refractivity contribution in [1.29, 1.82) is 0 Å². The summed E-state index contributed by atoms with van der Waals surface area (Å²) in [5, 5.41) is 15.4. The molecular formula is C18H14ClN5O4S. The zero-order chi connectivity index (χ0) is 20.8. The number of nitrogens with one attached hydrogen (secondary N) is 2. The van der Waals surface area contributed by atoms with Crippen LogP contribution in [0, 0.1) is 10.1 Å². The van der Waals surface area contributed by atoms with Crippen LogP contribution in [0.2, 0.25) is 5.02 Å². The van der Waals surface area contributed by atoms with Crippen molar-refractivity contribution in [2.24, 2.45) is 0 Å². The number of non-ortho nitro benzene ring substituents is 1. The highest BCUT2D eigenvalue weighted by Gasteiger charge is 2.12. The maximum Gasteiger partial charge on any atom is 0.290 e. The normalized spacial score (nSPS) is 10.4. The van der Waals surface area contributed by atoms with Gasteiger partial charge in [0.25, 0.3) is 11.6 Å². The van der Waals surface area contributed by atoms with E-state index in [1.807, 2.05) is 0 Å². The number of nitrogens with zero attached hydrogens (tertiary/aromatic N) is 3. The molecule has 0 radical (unpaired) electrons. The Bertz CT molecular complexity index is 1040. The van der Waals surface area contributed by atoms with Crippen LogP contribution in [0.5, 0.6) is 0 Å². The van der Waals surface area contributed by atoms with Crippen molar-refractivity contribution < 1.29 is 14.5 Å². The first-order valence-corrected chi connectivity index (χ1v) is 9.57. The number of rotatable bonds is 6. The summed E-state index contributed by atoms with van der Waals surface area (Å²) in [6.07, 6.45) is 1.54. The fourth-order valence-corrected chi connectivity index (χ4v) is 3.05. The third-order valence-corrected chi connectivity index (χ3v) is 4.91. The number of hydrogen-bond acceptors (Lipinski definition) is 6. The highest BCUT2D eigenvalue weighted by atomic mass is 35.5. The summed E-state index contributed by atoms with van der Waals surface area (Å²) in [6, 6.07) is 14.2. The molecule has 1 heterocycles. The Hall–Kier alpha value is -3.37. The molecule has 0 bridgehead atoms. The summed E-state index contributed by atoms with van der Waals surface area (Å²) in [6.45, 7) is 0. The highest BCUT2D eigenvalue weighted by Crippen LogP contribution is 2.20. The Kier molecular flexibility index (Phi) is 6.47. The molecule has 9 nitrogen and oxygen atoms in total. The van der Waals surface area contributed by atoms with E-state index in [4.69, 9.17) is 11.6 Å². The molecule has 29 heavy (non-hydrogen) atoms. The Balaban J connectivity index is 1.51. The lowest BCUT2D eigenvalue weighted by Gasteiger charge is -2.06. The average Bonchev–Trinajstić information content (AvgIpc) is 3.22. The first-order valence-electron chi connectivity index (χ1n) is 8.20. The molecule has 0 spiro atoms. The number of hydrazine groups is 1. The predicted molar refractivity (Wildman–Crippen MR) is 108 cm³/mol. The van der Waals surface area contributed by atoms with Gasteiger partial charge >= 0.3 is 0 Å². The topological polar surface area (TPSA) is 119 Å². The zero-order valence-electron chi connectivity index (χ0n) is 14.7. The number of aromatic nitrogens is 2. The molecule has 0 aliphatic rings. The van der Waals surface area contributed by atoms with Crippen LogP contribution in [0.15, 0.2) is 65.7 Å². The molecule has 148 valence electrons. The van der Waals surface area contributed by atoms with E-state index in [0.717, 1.165) is 4.90 Å². The van der Waals surface area contributed by atoms with Crippen molar-refractivity contribution in [3.63, 3.8) is 0 Å². The summed E-state index contributed by atoms with van der Waals surface area (Å²) in [7, 11) is 0. The molecule has 2 aromatic carbocycles. The maximum atomic E-state index is 12.1. The van der Waals surface area contributed by atoms with Gasteiger partial charge in [0.1, 0.15) is 0 Å².